The lowest BCUT2D eigenvalue weighted by molar-refractivity contribution is -0.114. The van der Waals surface area contributed by atoms with E-state index in [9.17, 15) is 9.59 Å². The Morgan fingerprint density at radius 1 is 1.00 bits per heavy atom. The van der Waals surface area contributed by atoms with Crippen molar-refractivity contribution in [1.82, 2.24) is 5.32 Å². The Morgan fingerprint density at radius 3 is 2.42 bits per heavy atom. The summed E-state index contributed by atoms with van der Waals surface area (Å²) in [6.07, 6.45) is 0. The molecule has 2 aromatic rings. The minimum absolute atomic E-state index is 0.162. The van der Waals surface area contributed by atoms with E-state index in [0.29, 0.717) is 24.5 Å². The maximum absolute atomic E-state index is 11.9. The monoisotopic (exact) mass is 327 g/mol. The number of hydrogen-bond acceptors (Lipinski definition) is 3. The average Bonchev–Trinajstić information content (AvgIpc) is 2.53. The normalized spacial score (nSPS) is 9.92. The van der Waals surface area contributed by atoms with E-state index >= 15 is 0 Å². The van der Waals surface area contributed by atoms with E-state index in [1.807, 2.05) is 31.2 Å². The van der Waals surface area contributed by atoms with E-state index in [4.69, 9.17) is 4.74 Å². The van der Waals surface area contributed by atoms with Crippen LogP contribution in [0.2, 0.25) is 0 Å². The molecule has 0 saturated carbocycles. The number of hydrogen-bond donors (Lipinski definition) is 3. The first kappa shape index (κ1) is 17.3. The number of carbonyl (C=O) groups is 2. The fraction of sp³-hybridized carbons (Fsp3) is 0.222. The molecule has 0 heterocycles. The Balaban J connectivity index is 1.75. The zero-order valence-corrected chi connectivity index (χ0v) is 13.8. The molecule has 0 fully saturated rings. The van der Waals surface area contributed by atoms with Crippen LogP contribution in [0, 0.1) is 6.92 Å². The van der Waals surface area contributed by atoms with E-state index in [2.05, 4.69) is 16.0 Å². The van der Waals surface area contributed by atoms with Crippen LogP contribution in [-0.4, -0.2) is 25.1 Å². The van der Waals surface area contributed by atoms with Crippen LogP contribution >= 0.6 is 0 Å². The highest BCUT2D eigenvalue weighted by molar-refractivity contribution is 5.92. The van der Waals surface area contributed by atoms with Gasteiger partial charge in [0.15, 0.2) is 0 Å². The first-order valence-corrected chi connectivity index (χ1v) is 7.65. The Morgan fingerprint density at radius 2 is 1.71 bits per heavy atom. The number of nitrogens with one attached hydrogen (secondary N) is 3. The lowest BCUT2D eigenvalue weighted by Crippen LogP contribution is -2.32. The van der Waals surface area contributed by atoms with Gasteiger partial charge in [0.05, 0.1) is 6.54 Å². The Labute approximate surface area is 141 Å². The molecule has 0 saturated heterocycles. The molecule has 126 valence electrons. The number of aryl methyl sites for hydroxylation is 1. The van der Waals surface area contributed by atoms with Gasteiger partial charge in [-0.15, -0.1) is 0 Å². The highest BCUT2D eigenvalue weighted by Crippen LogP contribution is 2.16. The van der Waals surface area contributed by atoms with Crippen LogP contribution in [0.3, 0.4) is 0 Å². The third-order valence-electron chi connectivity index (χ3n) is 3.18. The van der Waals surface area contributed by atoms with Crippen molar-refractivity contribution in [2.45, 2.75) is 13.8 Å². The van der Waals surface area contributed by atoms with Crippen LogP contribution in [-0.2, 0) is 4.79 Å². The molecule has 0 unspecified atom stereocenters. The number of carbonyl (C=O) groups excluding carboxylic acids is 2. The minimum Gasteiger partial charge on any atom is -0.491 e. The molecule has 0 aliphatic heterocycles. The highest BCUT2D eigenvalue weighted by Gasteiger charge is 2.03. The number of amides is 3. The van der Waals surface area contributed by atoms with E-state index in [-0.39, 0.29) is 11.9 Å². The number of benzene rings is 2. The fourth-order valence-electron chi connectivity index (χ4n) is 2.10. The van der Waals surface area contributed by atoms with Crippen LogP contribution in [0.25, 0.3) is 0 Å². The van der Waals surface area contributed by atoms with Gasteiger partial charge in [-0.1, -0.05) is 24.3 Å². The summed E-state index contributed by atoms with van der Waals surface area (Å²) < 4.78 is 5.61. The van der Waals surface area contributed by atoms with Gasteiger partial charge in [-0.25, -0.2) is 4.79 Å². The maximum atomic E-state index is 11.9. The summed E-state index contributed by atoms with van der Waals surface area (Å²) in [4.78, 5) is 22.9. The standard InChI is InChI=1S/C18H21N3O3/c1-13-6-3-4-9-17(13)24-11-10-19-18(23)21-16-8-5-7-15(12-16)20-14(2)22/h3-9,12H,10-11H2,1-2H3,(H,20,22)(H2,19,21,23). The summed E-state index contributed by atoms with van der Waals surface area (Å²) in [5.41, 5.74) is 2.28. The van der Waals surface area contributed by atoms with Crippen LogP contribution < -0.4 is 20.7 Å². The SMILES string of the molecule is CC(=O)Nc1cccc(NC(=O)NCCOc2ccccc2C)c1. The molecule has 3 amide bonds. The lowest BCUT2D eigenvalue weighted by atomic mass is 10.2. The molecule has 2 rings (SSSR count). The predicted molar refractivity (Wildman–Crippen MR) is 94.4 cm³/mol. The van der Waals surface area contributed by atoms with Crippen molar-refractivity contribution >= 4 is 23.3 Å². The van der Waals surface area contributed by atoms with Gasteiger partial charge in [0.1, 0.15) is 12.4 Å². The minimum atomic E-state index is -0.330. The molecule has 0 aliphatic carbocycles. The second-order valence-electron chi connectivity index (χ2n) is 5.26. The summed E-state index contributed by atoms with van der Waals surface area (Å²) in [5, 5.41) is 8.09. The Bertz CT molecular complexity index is 716. The molecule has 0 atom stereocenters. The van der Waals surface area contributed by atoms with Gasteiger partial charge < -0.3 is 20.7 Å². The van der Waals surface area contributed by atoms with E-state index < -0.39 is 0 Å². The molecular formula is C18H21N3O3. The highest BCUT2D eigenvalue weighted by atomic mass is 16.5. The van der Waals surface area contributed by atoms with E-state index in [1.165, 1.54) is 6.92 Å². The zero-order chi connectivity index (χ0) is 17.4. The lowest BCUT2D eigenvalue weighted by Gasteiger charge is -2.11. The maximum Gasteiger partial charge on any atom is 0.319 e. The predicted octanol–water partition coefficient (Wildman–Crippen LogP) is 3.15. The molecule has 0 aromatic heterocycles. The smallest absolute Gasteiger partial charge is 0.319 e. The molecule has 0 radical (unpaired) electrons. The van der Waals surface area contributed by atoms with Crippen molar-refractivity contribution in [3.63, 3.8) is 0 Å². The van der Waals surface area contributed by atoms with Gasteiger partial charge in [-0.3, -0.25) is 4.79 Å². The summed E-state index contributed by atoms with van der Waals surface area (Å²) in [6, 6.07) is 14.3. The summed E-state index contributed by atoms with van der Waals surface area (Å²) in [6.45, 7) is 4.16. The van der Waals surface area contributed by atoms with E-state index in [1.54, 1.807) is 24.3 Å². The topological polar surface area (TPSA) is 79.5 Å². The Kier molecular flexibility index (Phi) is 6.19. The van der Waals surface area contributed by atoms with Crippen LogP contribution in [0.15, 0.2) is 48.5 Å². The number of para-hydroxylation sites is 1. The third kappa shape index (κ3) is 5.64. The molecule has 0 bridgehead atoms. The van der Waals surface area contributed by atoms with Crippen molar-refractivity contribution in [1.29, 1.82) is 0 Å². The van der Waals surface area contributed by atoms with Crippen molar-refractivity contribution in [2.75, 3.05) is 23.8 Å². The molecule has 0 aliphatic rings. The van der Waals surface area contributed by atoms with Gasteiger partial charge in [-0.05, 0) is 36.8 Å². The van der Waals surface area contributed by atoms with Crippen molar-refractivity contribution in [2.24, 2.45) is 0 Å². The van der Waals surface area contributed by atoms with E-state index in [0.717, 1.165) is 11.3 Å². The van der Waals surface area contributed by atoms with Gasteiger partial charge in [0, 0.05) is 18.3 Å². The quantitative estimate of drug-likeness (QED) is 0.713. The van der Waals surface area contributed by atoms with Gasteiger partial charge in [-0.2, -0.15) is 0 Å². The number of urea groups is 1. The molecule has 6 nitrogen and oxygen atoms in total. The van der Waals surface area contributed by atoms with Crippen molar-refractivity contribution in [3.8, 4) is 5.75 Å². The molecular weight excluding hydrogens is 306 g/mol. The zero-order valence-electron chi connectivity index (χ0n) is 13.8. The summed E-state index contributed by atoms with van der Waals surface area (Å²) >= 11 is 0. The summed E-state index contributed by atoms with van der Waals surface area (Å²) in [7, 11) is 0. The van der Waals surface area contributed by atoms with Gasteiger partial charge in [0.25, 0.3) is 0 Å². The number of ether oxygens (including phenoxy) is 1. The summed E-state index contributed by atoms with van der Waals surface area (Å²) in [5.74, 6) is 0.646. The number of anilines is 2. The molecule has 24 heavy (non-hydrogen) atoms. The average molecular weight is 327 g/mol. The van der Waals surface area contributed by atoms with Crippen LogP contribution in [0.1, 0.15) is 12.5 Å². The number of rotatable bonds is 6. The van der Waals surface area contributed by atoms with Gasteiger partial charge >= 0.3 is 6.03 Å². The molecule has 6 heteroatoms. The first-order valence-electron chi connectivity index (χ1n) is 7.65. The molecule has 0 spiro atoms. The Hall–Kier alpha value is -3.02. The van der Waals surface area contributed by atoms with Crippen LogP contribution in [0.5, 0.6) is 5.75 Å². The van der Waals surface area contributed by atoms with Gasteiger partial charge in [0.2, 0.25) is 5.91 Å². The van der Waals surface area contributed by atoms with Crippen LogP contribution in [0.4, 0.5) is 16.2 Å². The van der Waals surface area contributed by atoms with Crippen molar-refractivity contribution in [3.05, 3.63) is 54.1 Å². The first-order chi connectivity index (χ1) is 11.5. The largest absolute Gasteiger partial charge is 0.491 e. The second-order valence-corrected chi connectivity index (χ2v) is 5.26. The molecule has 3 N–H and O–H groups in total. The fourth-order valence-corrected chi connectivity index (χ4v) is 2.10. The molecule has 2 aromatic carbocycles. The third-order valence-corrected chi connectivity index (χ3v) is 3.18. The second kappa shape index (κ2) is 8.57. The van der Waals surface area contributed by atoms with Crippen molar-refractivity contribution < 1.29 is 14.3 Å².